The molecule has 0 aliphatic carbocycles. The molecular weight excluding hydrogens is 783 g/mol. The van der Waals surface area contributed by atoms with Crippen LogP contribution in [-0.2, 0) is 15.4 Å². The van der Waals surface area contributed by atoms with Crippen molar-refractivity contribution < 1.29 is 15.4 Å². The van der Waals surface area contributed by atoms with Gasteiger partial charge in [0.2, 0.25) is 0 Å². The van der Waals surface area contributed by atoms with Crippen molar-refractivity contribution in [2.24, 2.45) is 0 Å². The molecule has 0 radical (unpaired) electrons. The summed E-state index contributed by atoms with van der Waals surface area (Å²) in [6.45, 7) is 0. The van der Waals surface area contributed by atoms with Crippen molar-refractivity contribution in [2.75, 3.05) is 0 Å². The van der Waals surface area contributed by atoms with Crippen molar-refractivity contribution in [2.45, 2.75) is 0 Å². The van der Waals surface area contributed by atoms with Crippen molar-refractivity contribution in [3.05, 3.63) is 182 Å². The molecule has 0 atom stereocenters. The van der Waals surface area contributed by atoms with Gasteiger partial charge in [0.1, 0.15) is 32.9 Å². The first-order valence-corrected chi connectivity index (χ1v) is 23.1. The minimum Gasteiger partial charge on any atom is -0.255 e. The van der Waals surface area contributed by atoms with Gasteiger partial charge in [-0.3, -0.25) is 9.97 Å². The molecule has 0 aliphatic heterocycles. The van der Waals surface area contributed by atoms with Crippen LogP contribution in [-0.4, -0.2) is 9.97 Å². The number of benzene rings is 4. The summed E-state index contributed by atoms with van der Waals surface area (Å²) in [6.07, 6.45) is 3.54. The van der Waals surface area contributed by atoms with E-state index in [1.807, 2.05) is 36.4 Å². The maximum atomic E-state index is 4.90. The SMILES string of the molecule is C(=C/[PH+](c1ccccc1)c1ccccc1)/[PH+](c1ccccc1)c1ccccc1.[Cl][Os][Cl].c1ccc(-c2ccccn2)nc1. The van der Waals surface area contributed by atoms with Gasteiger partial charge in [-0.15, -0.1) is 0 Å². The van der Waals surface area contributed by atoms with Crippen LogP contribution in [0.1, 0.15) is 0 Å². The van der Waals surface area contributed by atoms with E-state index >= 15 is 0 Å². The zero-order valence-corrected chi connectivity index (χ0v) is 29.4. The Bertz CT molecular complexity index is 1400. The fraction of sp³-hybridized carbons (Fsp3) is 0. The number of aromatic nitrogens is 2. The fourth-order valence-corrected chi connectivity index (χ4v) is 9.36. The molecule has 0 saturated carbocycles. The second-order valence-electron chi connectivity index (χ2n) is 9.11. The van der Waals surface area contributed by atoms with E-state index in [0.29, 0.717) is 0 Å². The summed E-state index contributed by atoms with van der Waals surface area (Å²) in [4.78, 5) is 8.37. The standard InChI is InChI=1S/C26H22P2.C10H8N2.2ClH.Os/c1-5-13-23(14-6-1)27(24-15-7-2-8-16-24)21-22-28(25-17-9-3-10-18-25)26-19-11-4-12-20-26;1-3-7-11-9(5-1)10-6-2-4-8-12-10;;;/h1-22H;1-8H;2*1H;/q;;;;+2/b22-21-;;;;. The Morgan fingerprint density at radius 1 is 0.395 bits per heavy atom. The molecule has 0 fully saturated rings. The molecule has 216 valence electrons. The summed E-state index contributed by atoms with van der Waals surface area (Å²) >= 11 is -0.639. The predicted octanol–water partition coefficient (Wildman–Crippen LogP) is 8.71. The van der Waals surface area contributed by atoms with Gasteiger partial charge in [-0.1, -0.05) is 84.9 Å². The number of hydrogen-bond donors (Lipinski definition) is 0. The van der Waals surface area contributed by atoms with Crippen LogP contribution in [0.4, 0.5) is 0 Å². The van der Waals surface area contributed by atoms with Crippen molar-refractivity contribution in [1.82, 2.24) is 9.97 Å². The number of halogens is 2. The second kappa shape index (κ2) is 19.3. The number of nitrogens with zero attached hydrogens (tertiary/aromatic N) is 2. The zero-order chi connectivity index (χ0) is 30.0. The van der Waals surface area contributed by atoms with Crippen molar-refractivity contribution in [3.8, 4) is 11.4 Å². The second-order valence-corrected chi connectivity index (χ2v) is 17.4. The molecule has 0 unspecified atom stereocenters. The molecule has 0 spiro atoms. The average Bonchev–Trinajstić information content (AvgIpc) is 3.10. The van der Waals surface area contributed by atoms with Gasteiger partial charge in [-0.05, 0) is 72.8 Å². The first-order valence-electron chi connectivity index (χ1n) is 13.6. The van der Waals surface area contributed by atoms with Gasteiger partial charge in [-0.25, -0.2) is 0 Å². The Morgan fingerprint density at radius 2 is 0.651 bits per heavy atom. The molecule has 2 nitrogen and oxygen atoms in total. The van der Waals surface area contributed by atoms with Crippen LogP contribution < -0.4 is 21.2 Å². The fourth-order valence-electron chi connectivity index (χ4n) is 4.38. The molecule has 0 amide bonds. The van der Waals surface area contributed by atoms with Gasteiger partial charge in [-0.2, -0.15) is 0 Å². The molecule has 4 aromatic carbocycles. The van der Waals surface area contributed by atoms with Gasteiger partial charge < -0.3 is 0 Å². The minimum atomic E-state index is -0.964. The smallest absolute Gasteiger partial charge is 0.0886 e. The third kappa shape index (κ3) is 10.9. The van der Waals surface area contributed by atoms with Crippen LogP contribution in [0.25, 0.3) is 11.4 Å². The van der Waals surface area contributed by atoms with Gasteiger partial charge in [0.15, 0.2) is 0 Å². The Hall–Kier alpha value is -3.00. The molecule has 6 rings (SSSR count). The Labute approximate surface area is 273 Å². The quantitative estimate of drug-likeness (QED) is 0.151. The number of rotatable bonds is 7. The summed E-state index contributed by atoms with van der Waals surface area (Å²) in [5.74, 6) is 5.01. The molecule has 0 aliphatic rings. The summed E-state index contributed by atoms with van der Waals surface area (Å²) in [5, 5.41) is 5.71. The van der Waals surface area contributed by atoms with E-state index in [-0.39, 0.29) is 0 Å². The molecule has 43 heavy (non-hydrogen) atoms. The monoisotopic (exact) mass is 816 g/mol. The summed E-state index contributed by atoms with van der Waals surface area (Å²) in [7, 11) is 7.88. The van der Waals surface area contributed by atoms with Crippen molar-refractivity contribution in [3.63, 3.8) is 0 Å². The molecule has 0 saturated heterocycles. The van der Waals surface area contributed by atoms with Crippen LogP contribution >= 0.6 is 35.1 Å². The van der Waals surface area contributed by atoms with E-state index in [2.05, 4.69) is 143 Å². The zero-order valence-electron chi connectivity index (χ0n) is 23.3. The van der Waals surface area contributed by atoms with Gasteiger partial charge >= 0.3 is 34.7 Å². The maximum absolute atomic E-state index is 4.90. The Kier molecular flexibility index (Phi) is 14.8. The first-order chi connectivity index (χ1) is 21.3. The largest absolute Gasteiger partial charge is 0.255 e. The summed E-state index contributed by atoms with van der Waals surface area (Å²) in [5.41, 5.74) is 1.83. The Morgan fingerprint density at radius 3 is 0.884 bits per heavy atom. The summed E-state index contributed by atoms with van der Waals surface area (Å²) in [6, 6.07) is 55.3. The van der Waals surface area contributed by atoms with Crippen molar-refractivity contribution in [1.29, 1.82) is 0 Å². The van der Waals surface area contributed by atoms with Crippen LogP contribution in [0.3, 0.4) is 0 Å². The van der Waals surface area contributed by atoms with E-state index in [1.54, 1.807) is 12.4 Å². The van der Waals surface area contributed by atoms with E-state index in [9.17, 15) is 0 Å². The maximum Gasteiger partial charge on any atom is 0.0886 e. The third-order valence-electron chi connectivity index (χ3n) is 6.35. The molecule has 6 aromatic rings. The molecular formula is C36H32Cl2N2OsP2+2. The van der Waals surface area contributed by atoms with E-state index in [4.69, 9.17) is 19.3 Å². The van der Waals surface area contributed by atoms with Gasteiger partial charge in [0, 0.05) is 12.4 Å². The minimum absolute atomic E-state index is 0.639. The normalized spacial score (nSPS) is 10.6. The van der Waals surface area contributed by atoms with Crippen LogP contribution in [0.2, 0.25) is 0 Å². The van der Waals surface area contributed by atoms with E-state index in [1.165, 1.54) is 21.2 Å². The molecule has 2 aromatic heterocycles. The van der Waals surface area contributed by atoms with Gasteiger partial charge in [0.25, 0.3) is 0 Å². The van der Waals surface area contributed by atoms with E-state index < -0.39 is 31.3 Å². The van der Waals surface area contributed by atoms with Crippen LogP contribution in [0, 0.1) is 0 Å². The number of pyridine rings is 2. The van der Waals surface area contributed by atoms with Crippen LogP contribution in [0.15, 0.2) is 182 Å². The summed E-state index contributed by atoms with van der Waals surface area (Å²) < 4.78 is 0. The predicted molar refractivity (Wildman–Crippen MR) is 189 cm³/mol. The van der Waals surface area contributed by atoms with Crippen molar-refractivity contribution >= 4 is 56.3 Å². The van der Waals surface area contributed by atoms with E-state index in [0.717, 1.165) is 11.4 Å². The van der Waals surface area contributed by atoms with Gasteiger partial charge in [0.05, 0.1) is 27.2 Å². The molecule has 0 bridgehead atoms. The van der Waals surface area contributed by atoms with Crippen LogP contribution in [0.5, 0.6) is 0 Å². The third-order valence-corrected chi connectivity index (χ3v) is 11.5. The topological polar surface area (TPSA) is 25.8 Å². The Balaban J connectivity index is 0.000000233. The molecule has 0 N–H and O–H groups in total. The molecule has 2 heterocycles. The average molecular weight is 816 g/mol. The molecule has 7 heteroatoms. The number of hydrogen-bond acceptors (Lipinski definition) is 2. The first kappa shape index (κ1) is 32.9.